The van der Waals surface area contributed by atoms with Crippen molar-refractivity contribution in [2.45, 2.75) is 18.9 Å². The van der Waals surface area contributed by atoms with E-state index in [1.807, 2.05) is 0 Å². The number of ether oxygens (including phenoxy) is 2. The van der Waals surface area contributed by atoms with Crippen molar-refractivity contribution in [3.8, 4) is 0 Å². The third-order valence-electron chi connectivity index (χ3n) is 2.89. The lowest BCUT2D eigenvalue weighted by atomic mass is 9.91. The van der Waals surface area contributed by atoms with E-state index in [0.29, 0.717) is 12.4 Å². The van der Waals surface area contributed by atoms with Crippen LogP contribution in [0.15, 0.2) is 0 Å². The van der Waals surface area contributed by atoms with E-state index in [9.17, 15) is 4.79 Å². The monoisotopic (exact) mass is 199 g/mol. The fourth-order valence-electron chi connectivity index (χ4n) is 2.01. The first-order chi connectivity index (χ1) is 6.88. The number of hydrogen-bond acceptors (Lipinski definition) is 4. The number of ketones is 1. The number of nitrogens with one attached hydrogen (secondary N) is 1. The first-order valence-electron chi connectivity index (χ1n) is 5.30. The van der Waals surface area contributed by atoms with Crippen molar-refractivity contribution in [3.05, 3.63) is 0 Å². The predicted molar refractivity (Wildman–Crippen MR) is 51.2 cm³/mol. The summed E-state index contributed by atoms with van der Waals surface area (Å²) in [5.41, 5.74) is 0. The van der Waals surface area contributed by atoms with Crippen LogP contribution in [0.25, 0.3) is 0 Å². The van der Waals surface area contributed by atoms with E-state index in [0.717, 1.165) is 39.2 Å². The number of Topliss-reactive ketones (excluding diaryl/α,β-unsaturated/α-hetero) is 1. The zero-order chi connectivity index (χ0) is 9.80. The molecule has 2 fully saturated rings. The van der Waals surface area contributed by atoms with Gasteiger partial charge in [0, 0.05) is 25.7 Å². The summed E-state index contributed by atoms with van der Waals surface area (Å²) in [6.07, 6.45) is 1.74. The van der Waals surface area contributed by atoms with E-state index >= 15 is 0 Å². The lowest BCUT2D eigenvalue weighted by Crippen LogP contribution is -2.49. The highest BCUT2D eigenvalue weighted by Gasteiger charge is 2.29. The van der Waals surface area contributed by atoms with E-state index < -0.39 is 0 Å². The van der Waals surface area contributed by atoms with Crippen molar-refractivity contribution >= 4 is 5.78 Å². The smallest absolute Gasteiger partial charge is 0.155 e. The maximum absolute atomic E-state index is 12.0. The molecule has 0 aliphatic carbocycles. The Hall–Kier alpha value is -0.450. The molecule has 0 radical (unpaired) electrons. The SMILES string of the molecule is O=C(C1CCOCC1)C1COCCN1. The van der Waals surface area contributed by atoms with E-state index in [2.05, 4.69) is 5.32 Å². The first-order valence-corrected chi connectivity index (χ1v) is 5.30. The molecule has 1 N–H and O–H groups in total. The van der Waals surface area contributed by atoms with Gasteiger partial charge in [-0.05, 0) is 12.8 Å². The second kappa shape index (κ2) is 4.87. The Balaban J connectivity index is 1.85. The van der Waals surface area contributed by atoms with Gasteiger partial charge in [-0.25, -0.2) is 0 Å². The van der Waals surface area contributed by atoms with Crippen LogP contribution in [-0.4, -0.2) is 44.8 Å². The molecule has 4 heteroatoms. The minimum atomic E-state index is -0.0770. The second-order valence-corrected chi connectivity index (χ2v) is 3.87. The molecule has 2 rings (SSSR count). The van der Waals surface area contributed by atoms with Crippen LogP contribution in [0.2, 0.25) is 0 Å². The molecule has 0 amide bonds. The number of rotatable bonds is 2. The third-order valence-corrected chi connectivity index (χ3v) is 2.89. The van der Waals surface area contributed by atoms with Crippen molar-refractivity contribution in [2.24, 2.45) is 5.92 Å². The molecule has 0 saturated carbocycles. The minimum absolute atomic E-state index is 0.0770. The number of carbonyl (C=O) groups is 1. The highest BCUT2D eigenvalue weighted by Crippen LogP contribution is 2.17. The van der Waals surface area contributed by atoms with Crippen LogP contribution in [0.3, 0.4) is 0 Å². The van der Waals surface area contributed by atoms with Gasteiger partial charge in [-0.1, -0.05) is 0 Å². The fourth-order valence-corrected chi connectivity index (χ4v) is 2.01. The van der Waals surface area contributed by atoms with Crippen LogP contribution >= 0.6 is 0 Å². The van der Waals surface area contributed by atoms with Crippen molar-refractivity contribution in [1.29, 1.82) is 0 Å². The van der Waals surface area contributed by atoms with E-state index in [4.69, 9.17) is 9.47 Å². The predicted octanol–water partition coefficient (Wildman–Crippen LogP) is -0.0295. The van der Waals surface area contributed by atoms with Crippen LogP contribution in [0.1, 0.15) is 12.8 Å². The summed E-state index contributed by atoms with van der Waals surface area (Å²) < 4.78 is 10.5. The quantitative estimate of drug-likeness (QED) is 0.678. The molecular formula is C10H17NO3. The van der Waals surface area contributed by atoms with E-state index in [1.165, 1.54) is 0 Å². The number of morpholine rings is 1. The van der Waals surface area contributed by atoms with Crippen LogP contribution in [0, 0.1) is 5.92 Å². The topological polar surface area (TPSA) is 47.6 Å². The Kier molecular flexibility index (Phi) is 3.50. The van der Waals surface area contributed by atoms with Gasteiger partial charge in [0.25, 0.3) is 0 Å². The standard InChI is InChI=1S/C10H17NO3/c12-10(8-1-4-13-5-2-8)9-7-14-6-3-11-9/h8-9,11H,1-7H2. The van der Waals surface area contributed by atoms with E-state index in [1.54, 1.807) is 0 Å². The maximum atomic E-state index is 12.0. The van der Waals surface area contributed by atoms with Gasteiger partial charge >= 0.3 is 0 Å². The molecule has 2 saturated heterocycles. The van der Waals surface area contributed by atoms with Gasteiger partial charge in [-0.2, -0.15) is 0 Å². The highest BCUT2D eigenvalue weighted by atomic mass is 16.5. The molecule has 0 aromatic rings. The molecule has 0 bridgehead atoms. The molecule has 2 aliphatic rings. The van der Waals surface area contributed by atoms with Crippen LogP contribution in [0.4, 0.5) is 0 Å². The molecule has 2 aliphatic heterocycles. The molecule has 0 spiro atoms. The summed E-state index contributed by atoms with van der Waals surface area (Å²) in [4.78, 5) is 12.0. The van der Waals surface area contributed by atoms with Crippen LogP contribution < -0.4 is 5.32 Å². The molecule has 0 aromatic heterocycles. The number of hydrogen-bond donors (Lipinski definition) is 1. The third kappa shape index (κ3) is 2.32. The van der Waals surface area contributed by atoms with Crippen molar-refractivity contribution < 1.29 is 14.3 Å². The largest absolute Gasteiger partial charge is 0.381 e. The summed E-state index contributed by atoms with van der Waals surface area (Å²) in [6, 6.07) is -0.0770. The van der Waals surface area contributed by atoms with Gasteiger partial charge in [-0.15, -0.1) is 0 Å². The molecular weight excluding hydrogens is 182 g/mol. The van der Waals surface area contributed by atoms with Crippen molar-refractivity contribution in [1.82, 2.24) is 5.32 Å². The summed E-state index contributed by atoms with van der Waals surface area (Å²) in [6.45, 7) is 3.50. The maximum Gasteiger partial charge on any atom is 0.155 e. The molecule has 0 aromatic carbocycles. The van der Waals surface area contributed by atoms with Gasteiger partial charge in [-0.3, -0.25) is 4.79 Å². The van der Waals surface area contributed by atoms with E-state index in [-0.39, 0.29) is 12.0 Å². The second-order valence-electron chi connectivity index (χ2n) is 3.87. The lowest BCUT2D eigenvalue weighted by molar-refractivity contribution is -0.130. The van der Waals surface area contributed by atoms with Crippen LogP contribution in [0.5, 0.6) is 0 Å². The van der Waals surface area contributed by atoms with Gasteiger partial charge < -0.3 is 14.8 Å². The fraction of sp³-hybridized carbons (Fsp3) is 0.900. The first kappa shape index (κ1) is 10.1. The highest BCUT2D eigenvalue weighted by molar-refractivity contribution is 5.86. The summed E-state index contributed by atoms with van der Waals surface area (Å²) >= 11 is 0. The molecule has 14 heavy (non-hydrogen) atoms. The lowest BCUT2D eigenvalue weighted by Gasteiger charge is -2.28. The molecule has 80 valence electrons. The Labute approximate surface area is 84.0 Å². The molecule has 1 unspecified atom stereocenters. The summed E-state index contributed by atoms with van der Waals surface area (Å²) in [5.74, 6) is 0.496. The van der Waals surface area contributed by atoms with Gasteiger partial charge in [0.15, 0.2) is 5.78 Å². The zero-order valence-corrected chi connectivity index (χ0v) is 8.33. The average molecular weight is 199 g/mol. The van der Waals surface area contributed by atoms with Gasteiger partial charge in [0.1, 0.15) is 0 Å². The normalized spacial score (nSPS) is 30.1. The Morgan fingerprint density at radius 2 is 1.93 bits per heavy atom. The number of carbonyl (C=O) groups excluding carboxylic acids is 1. The zero-order valence-electron chi connectivity index (χ0n) is 8.33. The van der Waals surface area contributed by atoms with Crippen molar-refractivity contribution in [3.63, 3.8) is 0 Å². The minimum Gasteiger partial charge on any atom is -0.381 e. The van der Waals surface area contributed by atoms with Crippen molar-refractivity contribution in [2.75, 3.05) is 33.0 Å². The van der Waals surface area contributed by atoms with Crippen LogP contribution in [-0.2, 0) is 14.3 Å². The molecule has 4 nitrogen and oxygen atoms in total. The van der Waals surface area contributed by atoms with Gasteiger partial charge in [0.05, 0.1) is 19.3 Å². The Morgan fingerprint density at radius 3 is 2.57 bits per heavy atom. The average Bonchev–Trinajstić information content (AvgIpc) is 2.30. The molecule has 1 atom stereocenters. The summed E-state index contributed by atoms with van der Waals surface area (Å²) in [5, 5.41) is 3.20. The van der Waals surface area contributed by atoms with Gasteiger partial charge in [0.2, 0.25) is 0 Å². The Bertz CT molecular complexity index is 176. The summed E-state index contributed by atoms with van der Waals surface area (Å²) in [7, 11) is 0. The Morgan fingerprint density at radius 1 is 1.14 bits per heavy atom. The molecule has 2 heterocycles.